The molecule has 96 valence electrons. The number of halogens is 1. The number of nitriles is 1. The van der Waals surface area contributed by atoms with Crippen LogP contribution in [0.3, 0.4) is 0 Å². The predicted octanol–water partition coefficient (Wildman–Crippen LogP) is 3.92. The minimum Gasteiger partial charge on any atom is -0.446 e. The summed E-state index contributed by atoms with van der Waals surface area (Å²) in [4.78, 5) is 1.09. The zero-order valence-electron chi connectivity index (χ0n) is 10.0. The number of nitrogens with zero attached hydrogens (tertiary/aromatic N) is 1. The van der Waals surface area contributed by atoms with Gasteiger partial charge in [0.1, 0.15) is 11.7 Å². The van der Waals surface area contributed by atoms with Crippen molar-refractivity contribution in [3.8, 4) is 6.07 Å². The molecule has 2 unspecified atom stereocenters. The molecule has 2 atom stereocenters. The minimum atomic E-state index is -0.567. The smallest absolute Gasteiger partial charge is 0.205 e. The summed E-state index contributed by atoms with van der Waals surface area (Å²) in [7, 11) is 0. The summed E-state index contributed by atoms with van der Waals surface area (Å²) >= 11 is 7.76. The molecule has 0 saturated carbocycles. The molecule has 0 aliphatic carbocycles. The molecule has 2 aliphatic heterocycles. The van der Waals surface area contributed by atoms with Gasteiger partial charge in [0.25, 0.3) is 0 Å². The average Bonchev–Trinajstić information content (AvgIpc) is 2.84. The average molecular weight is 291 g/mol. The highest BCUT2D eigenvalue weighted by Gasteiger charge is 2.40. The highest BCUT2D eigenvalue weighted by atomic mass is 35.5. The van der Waals surface area contributed by atoms with Gasteiger partial charge in [-0.1, -0.05) is 23.7 Å². The van der Waals surface area contributed by atoms with Gasteiger partial charge in [-0.3, -0.25) is 5.41 Å². The molecule has 3 nitrogen and oxygen atoms in total. The van der Waals surface area contributed by atoms with Crippen molar-refractivity contribution in [1.82, 2.24) is 0 Å². The van der Waals surface area contributed by atoms with E-state index in [1.165, 1.54) is 0 Å². The lowest BCUT2D eigenvalue weighted by Gasteiger charge is -2.29. The third-order valence-electron chi connectivity index (χ3n) is 3.34. The van der Waals surface area contributed by atoms with E-state index in [1.807, 2.05) is 24.3 Å². The summed E-state index contributed by atoms with van der Waals surface area (Å²) in [5.74, 6) is 1.17. The van der Waals surface area contributed by atoms with Gasteiger partial charge in [0.05, 0.1) is 6.07 Å². The van der Waals surface area contributed by atoms with Crippen molar-refractivity contribution in [3.05, 3.63) is 45.5 Å². The van der Waals surface area contributed by atoms with Gasteiger partial charge in [-0.2, -0.15) is 5.26 Å². The molecule has 19 heavy (non-hydrogen) atoms. The van der Waals surface area contributed by atoms with Gasteiger partial charge in [0.15, 0.2) is 0 Å². The van der Waals surface area contributed by atoms with E-state index < -0.39 is 5.92 Å². The van der Waals surface area contributed by atoms with Crippen molar-refractivity contribution < 1.29 is 4.74 Å². The molecule has 1 aromatic carbocycles. The van der Waals surface area contributed by atoms with Crippen molar-refractivity contribution in [1.29, 1.82) is 10.7 Å². The van der Waals surface area contributed by atoms with Gasteiger partial charge in [-0.05, 0) is 17.7 Å². The summed E-state index contributed by atoms with van der Waals surface area (Å²) in [5, 5.41) is 17.9. The first-order valence-corrected chi connectivity index (χ1v) is 7.34. The Labute approximate surface area is 120 Å². The normalized spacial score (nSPS) is 25.8. The Morgan fingerprint density at radius 1 is 1.47 bits per heavy atom. The topological polar surface area (TPSA) is 56.9 Å². The number of allylic oxidation sites excluding steroid dienone is 2. The number of hydrogen-bond donors (Lipinski definition) is 1. The Morgan fingerprint density at radius 2 is 2.32 bits per heavy atom. The van der Waals surface area contributed by atoms with Crippen LogP contribution in [-0.4, -0.2) is 11.7 Å². The van der Waals surface area contributed by atoms with E-state index in [0.717, 1.165) is 28.4 Å². The lowest BCUT2D eigenvalue weighted by molar-refractivity contribution is 0.343. The van der Waals surface area contributed by atoms with Gasteiger partial charge < -0.3 is 4.74 Å². The molecule has 3 rings (SSSR count). The van der Waals surface area contributed by atoms with Crippen molar-refractivity contribution in [2.45, 2.75) is 12.3 Å². The van der Waals surface area contributed by atoms with Gasteiger partial charge >= 0.3 is 0 Å². The maximum absolute atomic E-state index is 9.35. The second-order valence-corrected chi connectivity index (χ2v) is 6.06. The fourth-order valence-corrected chi connectivity index (χ4v) is 3.96. The number of ether oxygens (including phenoxy) is 1. The molecule has 0 spiro atoms. The van der Waals surface area contributed by atoms with E-state index in [4.69, 9.17) is 21.7 Å². The molecule has 0 aromatic heterocycles. The van der Waals surface area contributed by atoms with Crippen LogP contribution >= 0.6 is 23.4 Å². The highest BCUT2D eigenvalue weighted by molar-refractivity contribution is 8.03. The van der Waals surface area contributed by atoms with E-state index in [1.54, 1.807) is 11.8 Å². The van der Waals surface area contributed by atoms with E-state index >= 15 is 0 Å². The SMILES string of the molecule is N#CC1C(=N)OC2=C(SCC2)C1c1cccc(Cl)c1. The quantitative estimate of drug-likeness (QED) is 0.853. The van der Waals surface area contributed by atoms with Crippen molar-refractivity contribution in [2.75, 3.05) is 5.75 Å². The molecule has 2 aliphatic rings. The van der Waals surface area contributed by atoms with E-state index in [2.05, 4.69) is 6.07 Å². The zero-order valence-corrected chi connectivity index (χ0v) is 11.6. The van der Waals surface area contributed by atoms with Gasteiger partial charge in [0, 0.05) is 28.0 Å². The summed E-state index contributed by atoms with van der Waals surface area (Å²) in [6.07, 6.45) is 0.831. The molecule has 5 heteroatoms. The number of thioether (sulfide) groups is 1. The Balaban J connectivity index is 2.11. The third-order valence-corrected chi connectivity index (χ3v) is 4.78. The molecule has 0 radical (unpaired) electrons. The number of benzene rings is 1. The maximum atomic E-state index is 9.35. The monoisotopic (exact) mass is 290 g/mol. The Bertz CT molecular complexity index is 620. The minimum absolute atomic E-state index is 0.0497. The fraction of sp³-hybridized carbons (Fsp3) is 0.286. The lowest BCUT2D eigenvalue weighted by Crippen LogP contribution is -2.28. The summed E-state index contributed by atoms with van der Waals surface area (Å²) < 4.78 is 5.48. The Morgan fingerprint density at radius 3 is 3.05 bits per heavy atom. The van der Waals surface area contributed by atoms with Crippen LogP contribution in [0.5, 0.6) is 0 Å². The van der Waals surface area contributed by atoms with Crippen LogP contribution in [0.2, 0.25) is 5.02 Å². The molecule has 1 N–H and O–H groups in total. The second kappa shape index (κ2) is 4.92. The van der Waals surface area contributed by atoms with E-state index in [9.17, 15) is 5.26 Å². The molecule has 0 saturated heterocycles. The molecule has 1 aromatic rings. The summed E-state index contributed by atoms with van der Waals surface area (Å²) in [5.41, 5.74) is 0.981. The first kappa shape index (κ1) is 12.6. The Kier molecular flexibility index (Phi) is 3.26. The van der Waals surface area contributed by atoms with Crippen molar-refractivity contribution in [3.63, 3.8) is 0 Å². The van der Waals surface area contributed by atoms with Crippen LogP contribution in [0, 0.1) is 22.7 Å². The molecular formula is C14H11ClN2OS. The van der Waals surface area contributed by atoms with Gasteiger partial charge in [-0.15, -0.1) is 11.8 Å². The first-order chi connectivity index (χ1) is 9.20. The highest BCUT2D eigenvalue weighted by Crippen LogP contribution is 2.49. The number of hydrogen-bond acceptors (Lipinski definition) is 4. The van der Waals surface area contributed by atoms with Crippen LogP contribution in [0.1, 0.15) is 17.9 Å². The number of rotatable bonds is 1. The van der Waals surface area contributed by atoms with Crippen LogP contribution < -0.4 is 0 Å². The summed E-state index contributed by atoms with van der Waals surface area (Å²) in [6.45, 7) is 0. The van der Waals surface area contributed by atoms with Gasteiger partial charge in [0.2, 0.25) is 5.90 Å². The molecule has 0 fully saturated rings. The standard InChI is InChI=1S/C14H11ClN2OS/c15-9-3-1-2-8(6-9)12-10(7-16)14(17)18-11-4-5-19-13(11)12/h1-3,6,10,12,17H,4-5H2. The molecule has 0 bridgehead atoms. The molecule has 2 heterocycles. The molecular weight excluding hydrogens is 280 g/mol. The first-order valence-electron chi connectivity index (χ1n) is 5.98. The second-order valence-electron chi connectivity index (χ2n) is 4.49. The van der Waals surface area contributed by atoms with E-state index in [-0.39, 0.29) is 11.8 Å². The fourth-order valence-electron chi connectivity index (χ4n) is 2.50. The predicted molar refractivity (Wildman–Crippen MR) is 76.2 cm³/mol. The third kappa shape index (κ3) is 2.13. The van der Waals surface area contributed by atoms with Crippen molar-refractivity contribution >= 4 is 29.3 Å². The van der Waals surface area contributed by atoms with Crippen LogP contribution in [0.25, 0.3) is 0 Å². The zero-order chi connectivity index (χ0) is 13.4. The molecule has 0 amide bonds. The van der Waals surface area contributed by atoms with Crippen LogP contribution in [-0.2, 0) is 4.74 Å². The van der Waals surface area contributed by atoms with Gasteiger partial charge in [-0.25, -0.2) is 0 Å². The number of nitrogens with one attached hydrogen (secondary N) is 1. The largest absolute Gasteiger partial charge is 0.446 e. The lowest BCUT2D eigenvalue weighted by atomic mass is 9.84. The maximum Gasteiger partial charge on any atom is 0.205 e. The van der Waals surface area contributed by atoms with Crippen LogP contribution in [0.15, 0.2) is 34.9 Å². The van der Waals surface area contributed by atoms with Crippen LogP contribution in [0.4, 0.5) is 0 Å². The van der Waals surface area contributed by atoms with Crippen molar-refractivity contribution in [2.24, 2.45) is 5.92 Å². The summed E-state index contributed by atoms with van der Waals surface area (Å²) in [6, 6.07) is 9.72. The Hall–Kier alpha value is -1.44. The van der Waals surface area contributed by atoms with E-state index in [0.29, 0.717) is 5.02 Å².